The molecule has 4 heteroatoms. The molecule has 0 unspecified atom stereocenters. The molecule has 0 aromatic heterocycles. The maximum atomic E-state index is 11.4. The Morgan fingerprint density at radius 2 is 1.17 bits per heavy atom. The number of hydrogen-bond donors (Lipinski definition) is 2. The lowest BCUT2D eigenvalue weighted by Gasteiger charge is -2.09. The highest BCUT2D eigenvalue weighted by Crippen LogP contribution is 2.29. The Kier molecular flexibility index (Phi) is 3.00. The Bertz CT molecular complexity index is 1070. The maximum absolute atomic E-state index is 11.4. The van der Waals surface area contributed by atoms with Crippen LogP contribution in [0.2, 0.25) is 0 Å². The van der Waals surface area contributed by atoms with E-state index in [4.69, 9.17) is 0 Å². The largest absolute Gasteiger partial charge is 0.478 e. The van der Waals surface area contributed by atoms with E-state index in [1.54, 1.807) is 12.1 Å². The highest BCUT2D eigenvalue weighted by molar-refractivity contribution is 6.05. The van der Waals surface area contributed by atoms with Gasteiger partial charge in [-0.3, -0.25) is 0 Å². The van der Waals surface area contributed by atoms with Gasteiger partial charge in [0.25, 0.3) is 0 Å². The summed E-state index contributed by atoms with van der Waals surface area (Å²) in [7, 11) is 0. The molecule has 3 aromatic rings. The maximum Gasteiger partial charge on any atom is 0.335 e. The second-order valence-electron chi connectivity index (χ2n) is 5.76. The standard InChI is InChI=1S/C20H12O4/c21-19(22)16-7-13-5-11-3-1-2-4-12(11)6-14-8-17(20(23)24)10-15(9-16)18(13)14/h1-10H,(H,21,22)(H,23,24). The van der Waals surface area contributed by atoms with Crippen molar-refractivity contribution in [3.63, 3.8) is 0 Å². The molecule has 4 rings (SSSR count). The van der Waals surface area contributed by atoms with Crippen LogP contribution in [0.3, 0.4) is 0 Å². The summed E-state index contributed by atoms with van der Waals surface area (Å²) in [4.78, 5) is 22.9. The number of hydrogen-bond acceptors (Lipinski definition) is 2. The van der Waals surface area contributed by atoms with Gasteiger partial charge >= 0.3 is 11.9 Å². The second-order valence-corrected chi connectivity index (χ2v) is 5.76. The monoisotopic (exact) mass is 316 g/mol. The van der Waals surface area contributed by atoms with Gasteiger partial charge in [-0.25, -0.2) is 9.59 Å². The van der Waals surface area contributed by atoms with E-state index in [1.165, 1.54) is 12.1 Å². The van der Waals surface area contributed by atoms with E-state index in [-0.39, 0.29) is 11.1 Å². The third kappa shape index (κ3) is 2.16. The SMILES string of the molecule is O=C(O)c1cc2c3c(cc(C(=O)O)cc3c1)C=c1ccccc1=C2. The molecule has 1 aliphatic rings. The van der Waals surface area contributed by atoms with Gasteiger partial charge in [-0.1, -0.05) is 24.3 Å². The lowest BCUT2D eigenvalue weighted by atomic mass is 9.94. The number of carboxylic acid groups (broad SMARTS) is 2. The number of fused-ring (bicyclic) bond motifs is 1. The zero-order chi connectivity index (χ0) is 16.8. The van der Waals surface area contributed by atoms with E-state index in [2.05, 4.69) is 0 Å². The molecule has 0 heterocycles. The Balaban J connectivity index is 2.23. The normalized spacial score (nSPS) is 11.8. The van der Waals surface area contributed by atoms with E-state index < -0.39 is 11.9 Å². The summed E-state index contributed by atoms with van der Waals surface area (Å²) >= 11 is 0. The summed E-state index contributed by atoms with van der Waals surface area (Å²) in [6.07, 6.45) is 3.88. The van der Waals surface area contributed by atoms with Gasteiger partial charge < -0.3 is 10.2 Å². The van der Waals surface area contributed by atoms with Gasteiger partial charge in [0.1, 0.15) is 0 Å². The Morgan fingerprint density at radius 3 is 1.58 bits per heavy atom. The van der Waals surface area contributed by atoms with Crippen LogP contribution < -0.4 is 10.4 Å². The summed E-state index contributed by atoms with van der Waals surface area (Å²) in [5.74, 6) is -2.07. The summed E-state index contributed by atoms with van der Waals surface area (Å²) in [6.45, 7) is 0. The summed E-state index contributed by atoms with van der Waals surface area (Å²) in [6, 6.07) is 14.0. The molecule has 0 atom stereocenters. The zero-order valence-electron chi connectivity index (χ0n) is 12.5. The average Bonchev–Trinajstić information content (AvgIpc) is 2.71. The molecule has 4 nitrogen and oxygen atoms in total. The number of carbonyl (C=O) groups is 2. The lowest BCUT2D eigenvalue weighted by Crippen LogP contribution is -2.23. The van der Waals surface area contributed by atoms with Crippen molar-refractivity contribution < 1.29 is 19.8 Å². The number of benzene rings is 3. The van der Waals surface area contributed by atoms with Crippen LogP contribution in [0.4, 0.5) is 0 Å². The van der Waals surface area contributed by atoms with Crippen molar-refractivity contribution in [3.8, 4) is 0 Å². The van der Waals surface area contributed by atoms with Crippen molar-refractivity contribution in [3.05, 3.63) is 81.2 Å². The zero-order valence-corrected chi connectivity index (χ0v) is 12.5. The van der Waals surface area contributed by atoms with E-state index >= 15 is 0 Å². The van der Waals surface area contributed by atoms with Crippen LogP contribution in [0, 0.1) is 0 Å². The Labute approximate surface area is 136 Å². The first-order chi connectivity index (χ1) is 11.5. The van der Waals surface area contributed by atoms with Crippen molar-refractivity contribution in [2.24, 2.45) is 0 Å². The van der Waals surface area contributed by atoms with Crippen molar-refractivity contribution in [2.45, 2.75) is 0 Å². The lowest BCUT2D eigenvalue weighted by molar-refractivity contribution is 0.0687. The molecule has 0 fully saturated rings. The molecule has 116 valence electrons. The molecule has 0 saturated carbocycles. The van der Waals surface area contributed by atoms with E-state index in [1.807, 2.05) is 36.4 Å². The first-order valence-corrected chi connectivity index (χ1v) is 7.40. The summed E-state index contributed by atoms with van der Waals surface area (Å²) < 4.78 is 0. The smallest absolute Gasteiger partial charge is 0.335 e. The van der Waals surface area contributed by atoms with Gasteiger partial charge in [-0.05, 0) is 68.8 Å². The molecule has 0 bridgehead atoms. The molecule has 24 heavy (non-hydrogen) atoms. The summed E-state index contributed by atoms with van der Waals surface area (Å²) in [5.41, 5.74) is 1.83. The van der Waals surface area contributed by atoms with Gasteiger partial charge in [-0.15, -0.1) is 0 Å². The van der Waals surface area contributed by atoms with Gasteiger partial charge in [0.2, 0.25) is 0 Å². The predicted molar refractivity (Wildman–Crippen MR) is 90.7 cm³/mol. The number of rotatable bonds is 2. The number of carboxylic acids is 2. The van der Waals surface area contributed by atoms with Crippen LogP contribution in [0.1, 0.15) is 31.8 Å². The molecule has 0 aliphatic heterocycles. The first-order valence-electron chi connectivity index (χ1n) is 7.40. The molecule has 2 N–H and O–H groups in total. The van der Waals surface area contributed by atoms with Crippen LogP contribution in [0.15, 0.2) is 48.5 Å². The van der Waals surface area contributed by atoms with E-state index in [9.17, 15) is 19.8 Å². The molecule has 0 saturated heterocycles. The first kappa shape index (κ1) is 14.2. The minimum absolute atomic E-state index is 0.140. The minimum Gasteiger partial charge on any atom is -0.478 e. The molecule has 1 aliphatic carbocycles. The minimum atomic E-state index is -1.04. The fraction of sp³-hybridized carbons (Fsp3) is 0. The van der Waals surface area contributed by atoms with Gasteiger partial charge in [0, 0.05) is 0 Å². The van der Waals surface area contributed by atoms with Crippen molar-refractivity contribution in [2.75, 3.05) is 0 Å². The van der Waals surface area contributed by atoms with Crippen LogP contribution in [-0.4, -0.2) is 22.2 Å². The van der Waals surface area contributed by atoms with Gasteiger partial charge in [-0.2, -0.15) is 0 Å². The third-order valence-electron chi connectivity index (χ3n) is 4.22. The molecule has 0 amide bonds. The Hall–Kier alpha value is -3.40. The van der Waals surface area contributed by atoms with Crippen LogP contribution >= 0.6 is 0 Å². The second kappa shape index (κ2) is 5.06. The average molecular weight is 316 g/mol. The summed E-state index contributed by atoms with van der Waals surface area (Å²) in [5, 5.41) is 22.1. The van der Waals surface area contributed by atoms with E-state index in [0.717, 1.165) is 27.0 Å². The van der Waals surface area contributed by atoms with Crippen LogP contribution in [0.25, 0.3) is 22.9 Å². The number of aromatic carboxylic acids is 2. The fourth-order valence-corrected chi connectivity index (χ4v) is 3.17. The molecular weight excluding hydrogens is 304 g/mol. The Morgan fingerprint density at radius 1 is 0.708 bits per heavy atom. The third-order valence-corrected chi connectivity index (χ3v) is 4.22. The van der Waals surface area contributed by atoms with Crippen LogP contribution in [0.5, 0.6) is 0 Å². The van der Waals surface area contributed by atoms with Crippen molar-refractivity contribution in [1.29, 1.82) is 0 Å². The molecule has 3 aromatic carbocycles. The van der Waals surface area contributed by atoms with Gasteiger partial charge in [0.15, 0.2) is 0 Å². The fourth-order valence-electron chi connectivity index (χ4n) is 3.17. The van der Waals surface area contributed by atoms with Gasteiger partial charge in [0.05, 0.1) is 11.1 Å². The van der Waals surface area contributed by atoms with Crippen molar-refractivity contribution in [1.82, 2.24) is 0 Å². The quantitative estimate of drug-likeness (QED) is 0.594. The molecular formula is C20H12O4. The van der Waals surface area contributed by atoms with Crippen molar-refractivity contribution >= 4 is 34.9 Å². The topological polar surface area (TPSA) is 74.6 Å². The predicted octanol–water partition coefficient (Wildman–Crippen LogP) is 2.21. The highest BCUT2D eigenvalue weighted by Gasteiger charge is 2.15. The molecule has 0 spiro atoms. The molecule has 0 radical (unpaired) electrons. The van der Waals surface area contributed by atoms with Crippen LogP contribution in [-0.2, 0) is 0 Å². The van der Waals surface area contributed by atoms with E-state index in [0.29, 0.717) is 5.39 Å². The highest BCUT2D eigenvalue weighted by atomic mass is 16.4.